The van der Waals surface area contributed by atoms with Crippen LogP contribution in [0.3, 0.4) is 0 Å². The van der Waals surface area contributed by atoms with Gasteiger partial charge in [-0.1, -0.05) is 41.4 Å². The Morgan fingerprint density at radius 1 is 1.10 bits per heavy atom. The fourth-order valence-electron chi connectivity index (χ4n) is 1.87. The van der Waals surface area contributed by atoms with Crippen molar-refractivity contribution < 1.29 is 19.0 Å². The van der Waals surface area contributed by atoms with Crippen LogP contribution in [-0.2, 0) is 4.79 Å². The SMILES string of the molecule is O=C(Oc1cccc(Cl)c1Cl)[C@H]1COc2ccccc2O1. The van der Waals surface area contributed by atoms with Crippen LogP contribution >= 0.6 is 23.2 Å². The molecule has 1 atom stereocenters. The van der Waals surface area contributed by atoms with Crippen molar-refractivity contribution in [1.29, 1.82) is 0 Å². The van der Waals surface area contributed by atoms with Gasteiger partial charge in [0, 0.05) is 0 Å². The van der Waals surface area contributed by atoms with Gasteiger partial charge in [-0.25, -0.2) is 4.79 Å². The molecular weight excluding hydrogens is 315 g/mol. The monoisotopic (exact) mass is 324 g/mol. The number of benzene rings is 2. The highest BCUT2D eigenvalue weighted by Crippen LogP contribution is 2.33. The van der Waals surface area contributed by atoms with E-state index in [2.05, 4.69) is 0 Å². The molecule has 0 N–H and O–H groups in total. The van der Waals surface area contributed by atoms with E-state index in [1.807, 2.05) is 6.07 Å². The molecule has 6 heteroatoms. The van der Waals surface area contributed by atoms with E-state index >= 15 is 0 Å². The normalized spacial score (nSPS) is 16.4. The Kier molecular flexibility index (Phi) is 3.90. The molecule has 0 saturated carbocycles. The minimum absolute atomic E-state index is 0.0774. The zero-order chi connectivity index (χ0) is 14.8. The smallest absolute Gasteiger partial charge is 0.356 e. The van der Waals surface area contributed by atoms with Gasteiger partial charge in [-0.2, -0.15) is 0 Å². The molecule has 0 spiro atoms. The number of halogens is 2. The predicted octanol–water partition coefficient (Wildman–Crippen LogP) is 3.74. The van der Waals surface area contributed by atoms with Crippen molar-refractivity contribution in [3.05, 3.63) is 52.5 Å². The summed E-state index contributed by atoms with van der Waals surface area (Å²) in [6, 6.07) is 11.9. The molecule has 1 aliphatic rings. The Hall–Kier alpha value is -1.91. The number of carbonyl (C=O) groups is 1. The molecule has 0 fully saturated rings. The van der Waals surface area contributed by atoms with Crippen molar-refractivity contribution in [3.63, 3.8) is 0 Å². The molecule has 1 heterocycles. The highest BCUT2D eigenvalue weighted by molar-refractivity contribution is 6.43. The summed E-state index contributed by atoms with van der Waals surface area (Å²) in [6.07, 6.45) is -0.852. The molecule has 21 heavy (non-hydrogen) atoms. The van der Waals surface area contributed by atoms with Crippen LogP contribution < -0.4 is 14.2 Å². The minimum Gasteiger partial charge on any atom is -0.485 e. The summed E-state index contributed by atoms with van der Waals surface area (Å²) >= 11 is 11.8. The second-order valence-electron chi connectivity index (χ2n) is 4.34. The average molecular weight is 325 g/mol. The molecule has 2 aromatic rings. The topological polar surface area (TPSA) is 44.8 Å². The minimum atomic E-state index is -0.852. The Labute approximate surface area is 131 Å². The van der Waals surface area contributed by atoms with E-state index in [-0.39, 0.29) is 17.4 Å². The van der Waals surface area contributed by atoms with E-state index in [4.69, 9.17) is 37.4 Å². The summed E-state index contributed by atoms with van der Waals surface area (Å²) in [6.45, 7) is 0.0774. The Bertz CT molecular complexity index is 687. The molecule has 0 bridgehead atoms. The van der Waals surface area contributed by atoms with Crippen LogP contribution in [0.1, 0.15) is 0 Å². The molecular formula is C15H10Cl2O4. The molecule has 3 rings (SSSR count). The van der Waals surface area contributed by atoms with Crippen molar-refractivity contribution >= 4 is 29.2 Å². The molecule has 0 aliphatic carbocycles. The molecule has 108 valence electrons. The molecule has 0 saturated heterocycles. The number of hydrogen-bond acceptors (Lipinski definition) is 4. The second-order valence-corrected chi connectivity index (χ2v) is 5.12. The summed E-state index contributed by atoms with van der Waals surface area (Å²) in [5, 5.41) is 0.498. The van der Waals surface area contributed by atoms with Crippen molar-refractivity contribution in [2.45, 2.75) is 6.10 Å². The average Bonchev–Trinajstić information content (AvgIpc) is 2.51. The lowest BCUT2D eigenvalue weighted by Gasteiger charge is -2.24. The third kappa shape index (κ3) is 2.91. The van der Waals surface area contributed by atoms with Crippen molar-refractivity contribution in [2.75, 3.05) is 6.61 Å². The second kappa shape index (κ2) is 5.84. The van der Waals surface area contributed by atoms with Crippen LogP contribution in [0.15, 0.2) is 42.5 Å². The van der Waals surface area contributed by atoms with E-state index < -0.39 is 12.1 Å². The molecule has 0 amide bonds. The maximum absolute atomic E-state index is 12.1. The molecule has 4 nitrogen and oxygen atoms in total. The first-order valence-electron chi connectivity index (χ1n) is 6.19. The lowest BCUT2D eigenvalue weighted by Crippen LogP contribution is -2.39. The largest absolute Gasteiger partial charge is 0.485 e. The van der Waals surface area contributed by atoms with Gasteiger partial charge in [0.2, 0.25) is 6.10 Å². The summed E-state index contributed by atoms with van der Waals surface area (Å²) in [5.41, 5.74) is 0. The highest BCUT2D eigenvalue weighted by Gasteiger charge is 2.29. The van der Waals surface area contributed by atoms with E-state index in [0.29, 0.717) is 16.5 Å². The van der Waals surface area contributed by atoms with Crippen LogP contribution in [0, 0.1) is 0 Å². The maximum atomic E-state index is 12.1. The van der Waals surface area contributed by atoms with E-state index in [1.54, 1.807) is 36.4 Å². The van der Waals surface area contributed by atoms with Gasteiger partial charge in [-0.3, -0.25) is 0 Å². The number of para-hydroxylation sites is 2. The third-order valence-electron chi connectivity index (χ3n) is 2.90. The summed E-state index contributed by atoms with van der Waals surface area (Å²) < 4.78 is 16.2. The first-order chi connectivity index (χ1) is 10.1. The first-order valence-corrected chi connectivity index (χ1v) is 6.95. The van der Waals surface area contributed by atoms with Gasteiger partial charge in [0.25, 0.3) is 0 Å². The van der Waals surface area contributed by atoms with Gasteiger partial charge in [0.1, 0.15) is 11.6 Å². The van der Waals surface area contributed by atoms with Crippen molar-refractivity contribution in [1.82, 2.24) is 0 Å². The van der Waals surface area contributed by atoms with Gasteiger partial charge in [-0.05, 0) is 24.3 Å². The fraction of sp³-hybridized carbons (Fsp3) is 0.133. The van der Waals surface area contributed by atoms with Crippen LogP contribution in [0.5, 0.6) is 17.2 Å². The lowest BCUT2D eigenvalue weighted by molar-refractivity contribution is -0.144. The zero-order valence-electron chi connectivity index (χ0n) is 10.7. The molecule has 0 radical (unpaired) electrons. The highest BCUT2D eigenvalue weighted by atomic mass is 35.5. The van der Waals surface area contributed by atoms with Crippen LogP contribution in [-0.4, -0.2) is 18.7 Å². The van der Waals surface area contributed by atoms with E-state index in [1.165, 1.54) is 0 Å². The zero-order valence-corrected chi connectivity index (χ0v) is 12.2. The Morgan fingerprint density at radius 3 is 2.67 bits per heavy atom. The summed E-state index contributed by atoms with van der Waals surface area (Å²) in [5.74, 6) is 0.704. The van der Waals surface area contributed by atoms with Crippen molar-refractivity contribution in [3.8, 4) is 17.2 Å². The van der Waals surface area contributed by atoms with E-state index in [0.717, 1.165) is 0 Å². The van der Waals surface area contributed by atoms with Crippen LogP contribution in [0.4, 0.5) is 0 Å². The van der Waals surface area contributed by atoms with Crippen molar-refractivity contribution in [2.24, 2.45) is 0 Å². The Balaban J connectivity index is 1.74. The Morgan fingerprint density at radius 2 is 1.86 bits per heavy atom. The van der Waals surface area contributed by atoms with Gasteiger partial charge in [0.05, 0.1) is 5.02 Å². The summed E-state index contributed by atoms with van der Waals surface area (Å²) in [7, 11) is 0. The molecule has 0 aromatic heterocycles. The van der Waals surface area contributed by atoms with Gasteiger partial charge in [-0.15, -0.1) is 0 Å². The number of carbonyl (C=O) groups excluding carboxylic acids is 1. The number of esters is 1. The standard InChI is InChI=1S/C15H10Cl2O4/c16-9-4-3-7-12(14(9)17)21-15(18)13-8-19-10-5-1-2-6-11(10)20-13/h1-7,13H,8H2/t13-/m1/s1. The summed E-state index contributed by atoms with van der Waals surface area (Å²) in [4.78, 5) is 12.1. The molecule has 1 aliphatic heterocycles. The van der Waals surface area contributed by atoms with Gasteiger partial charge in [0.15, 0.2) is 17.2 Å². The predicted molar refractivity (Wildman–Crippen MR) is 78.5 cm³/mol. The third-order valence-corrected chi connectivity index (χ3v) is 3.70. The van der Waals surface area contributed by atoms with E-state index in [9.17, 15) is 4.79 Å². The number of ether oxygens (including phenoxy) is 3. The molecule has 2 aromatic carbocycles. The number of hydrogen-bond donors (Lipinski definition) is 0. The lowest BCUT2D eigenvalue weighted by atomic mass is 10.2. The maximum Gasteiger partial charge on any atom is 0.356 e. The van der Waals surface area contributed by atoms with Crippen LogP contribution in [0.25, 0.3) is 0 Å². The van der Waals surface area contributed by atoms with Gasteiger partial charge >= 0.3 is 5.97 Å². The quantitative estimate of drug-likeness (QED) is 0.623. The van der Waals surface area contributed by atoms with Crippen LogP contribution in [0.2, 0.25) is 10.0 Å². The molecule has 0 unspecified atom stereocenters. The van der Waals surface area contributed by atoms with Gasteiger partial charge < -0.3 is 14.2 Å². The first kappa shape index (κ1) is 14.0. The number of rotatable bonds is 2. The fourth-order valence-corrected chi connectivity index (χ4v) is 2.20. The number of fused-ring (bicyclic) bond motifs is 1.